The summed E-state index contributed by atoms with van der Waals surface area (Å²) in [7, 11) is 1.30. The second-order valence-corrected chi connectivity index (χ2v) is 8.62. The van der Waals surface area contributed by atoms with E-state index in [9.17, 15) is 19.5 Å². The molecule has 0 spiro atoms. The number of aliphatic hydroxyl groups excluding tert-OH is 1. The van der Waals surface area contributed by atoms with E-state index in [1.165, 1.54) is 12.0 Å². The van der Waals surface area contributed by atoms with Crippen LogP contribution in [0.3, 0.4) is 0 Å². The largest absolute Gasteiger partial charge is 0.507 e. The van der Waals surface area contributed by atoms with Gasteiger partial charge in [-0.15, -0.1) is 0 Å². The number of rotatable bonds is 5. The Bertz CT molecular complexity index is 1070. The summed E-state index contributed by atoms with van der Waals surface area (Å²) in [5, 5.41) is 11.0. The number of benzene rings is 2. The van der Waals surface area contributed by atoms with Crippen LogP contribution in [0.4, 0.5) is 0 Å². The second kappa shape index (κ2) is 9.26. The number of carbonyl (C=O) groups excluding carboxylic acids is 3. The van der Waals surface area contributed by atoms with Gasteiger partial charge >= 0.3 is 5.97 Å². The number of ketones is 1. The first-order valence-electron chi connectivity index (χ1n) is 10.2. The van der Waals surface area contributed by atoms with Gasteiger partial charge in [-0.2, -0.15) is 0 Å². The van der Waals surface area contributed by atoms with Crippen molar-refractivity contribution in [2.75, 3.05) is 20.3 Å². The maximum absolute atomic E-state index is 13.0. The third-order valence-electron chi connectivity index (χ3n) is 5.73. The van der Waals surface area contributed by atoms with E-state index in [2.05, 4.69) is 15.9 Å². The highest BCUT2D eigenvalue weighted by Gasteiger charge is 2.47. The number of ether oxygens (including phenoxy) is 2. The lowest BCUT2D eigenvalue weighted by Gasteiger charge is -2.27. The zero-order valence-corrected chi connectivity index (χ0v) is 19.0. The van der Waals surface area contributed by atoms with E-state index in [0.29, 0.717) is 23.3 Å². The molecule has 0 aliphatic carbocycles. The van der Waals surface area contributed by atoms with Gasteiger partial charge in [-0.25, -0.2) is 4.79 Å². The Labute approximate surface area is 193 Å². The quantitative estimate of drug-likeness (QED) is 0.290. The zero-order chi connectivity index (χ0) is 22.8. The van der Waals surface area contributed by atoms with Crippen LogP contribution in [-0.4, -0.2) is 54.0 Å². The fourth-order valence-electron chi connectivity index (χ4n) is 4.11. The molecule has 0 aromatic heterocycles. The number of esters is 1. The first-order valence-corrected chi connectivity index (χ1v) is 11.0. The molecule has 7 nitrogen and oxygen atoms in total. The van der Waals surface area contributed by atoms with Crippen LogP contribution in [0.5, 0.6) is 0 Å². The highest BCUT2D eigenvalue weighted by Crippen LogP contribution is 2.40. The average molecular weight is 500 g/mol. The summed E-state index contributed by atoms with van der Waals surface area (Å²) in [5.41, 5.74) is 1.40. The number of Topliss-reactive ketones (excluding diaryl/α,β-unsaturated/α-hetero) is 1. The average Bonchev–Trinajstić information content (AvgIpc) is 3.41. The minimum Gasteiger partial charge on any atom is -0.507 e. The number of hydrogen-bond acceptors (Lipinski definition) is 6. The lowest BCUT2D eigenvalue weighted by molar-refractivity contribution is -0.140. The van der Waals surface area contributed by atoms with Crippen LogP contribution >= 0.6 is 15.9 Å². The van der Waals surface area contributed by atoms with Crippen LogP contribution in [0.1, 0.15) is 40.4 Å². The minimum atomic E-state index is -0.797. The molecular formula is C24H22BrNO6. The number of aliphatic hydroxyl groups is 1. The molecule has 2 saturated heterocycles. The van der Waals surface area contributed by atoms with E-state index in [1.54, 1.807) is 48.5 Å². The smallest absolute Gasteiger partial charge is 0.337 e. The van der Waals surface area contributed by atoms with E-state index in [4.69, 9.17) is 9.47 Å². The van der Waals surface area contributed by atoms with Crippen molar-refractivity contribution in [3.05, 3.63) is 75.3 Å². The Morgan fingerprint density at radius 3 is 2.38 bits per heavy atom. The third-order valence-corrected chi connectivity index (χ3v) is 6.26. The molecule has 2 aromatic carbocycles. The molecule has 1 amide bonds. The molecule has 2 aromatic rings. The molecule has 2 fully saturated rings. The number of likely N-dealkylation sites (tertiary alicyclic amines) is 1. The van der Waals surface area contributed by atoms with Crippen molar-refractivity contribution in [2.24, 2.45) is 0 Å². The van der Waals surface area contributed by atoms with Gasteiger partial charge in [-0.05, 0) is 42.7 Å². The molecule has 0 radical (unpaired) electrons. The normalized spacial score (nSPS) is 22.4. The summed E-state index contributed by atoms with van der Waals surface area (Å²) in [5.74, 6) is -2.15. The zero-order valence-electron chi connectivity index (χ0n) is 17.4. The van der Waals surface area contributed by atoms with Gasteiger partial charge in [0.15, 0.2) is 0 Å². The molecule has 2 aliphatic rings. The molecule has 2 atom stereocenters. The Kier molecular flexibility index (Phi) is 6.43. The van der Waals surface area contributed by atoms with Gasteiger partial charge in [-0.1, -0.05) is 40.2 Å². The van der Waals surface area contributed by atoms with E-state index >= 15 is 0 Å². The summed E-state index contributed by atoms with van der Waals surface area (Å²) in [6, 6.07) is 12.5. The van der Waals surface area contributed by atoms with Crippen molar-refractivity contribution in [1.29, 1.82) is 0 Å². The third kappa shape index (κ3) is 4.20. The molecule has 8 heteroatoms. The predicted molar refractivity (Wildman–Crippen MR) is 120 cm³/mol. The first kappa shape index (κ1) is 22.2. The summed E-state index contributed by atoms with van der Waals surface area (Å²) in [6.45, 7) is 0.858. The molecule has 2 heterocycles. The SMILES string of the molecule is COC(=O)c1ccc(C2C(=C(O)c3ccc(Br)cc3)C(=O)C(=O)N2CC2CCCO2)cc1. The summed E-state index contributed by atoms with van der Waals surface area (Å²) >= 11 is 3.35. The lowest BCUT2D eigenvalue weighted by Crippen LogP contribution is -2.36. The number of hydrogen-bond donors (Lipinski definition) is 1. The molecule has 2 aliphatic heterocycles. The van der Waals surface area contributed by atoms with E-state index < -0.39 is 23.7 Å². The van der Waals surface area contributed by atoms with Crippen LogP contribution < -0.4 is 0 Å². The predicted octanol–water partition coefficient (Wildman–Crippen LogP) is 3.84. The highest BCUT2D eigenvalue weighted by atomic mass is 79.9. The molecule has 0 bridgehead atoms. The Hall–Kier alpha value is -2.97. The van der Waals surface area contributed by atoms with Crippen LogP contribution in [0.25, 0.3) is 5.76 Å². The van der Waals surface area contributed by atoms with E-state index in [0.717, 1.165) is 17.3 Å². The molecule has 32 heavy (non-hydrogen) atoms. The maximum Gasteiger partial charge on any atom is 0.337 e. The van der Waals surface area contributed by atoms with Gasteiger partial charge in [0, 0.05) is 23.2 Å². The fraction of sp³-hybridized carbons (Fsp3) is 0.292. The summed E-state index contributed by atoms with van der Waals surface area (Å²) < 4.78 is 11.3. The summed E-state index contributed by atoms with van der Waals surface area (Å²) in [6.07, 6.45) is 1.52. The lowest BCUT2D eigenvalue weighted by atomic mass is 9.94. The van der Waals surface area contributed by atoms with Gasteiger partial charge in [0.25, 0.3) is 11.7 Å². The van der Waals surface area contributed by atoms with Crippen molar-refractivity contribution in [1.82, 2.24) is 4.90 Å². The molecule has 4 rings (SSSR count). The van der Waals surface area contributed by atoms with Gasteiger partial charge < -0.3 is 19.5 Å². The first-order chi connectivity index (χ1) is 15.4. The Morgan fingerprint density at radius 2 is 1.78 bits per heavy atom. The van der Waals surface area contributed by atoms with Gasteiger partial charge in [0.05, 0.1) is 30.4 Å². The Morgan fingerprint density at radius 1 is 1.12 bits per heavy atom. The molecule has 166 valence electrons. The number of amides is 1. The van der Waals surface area contributed by atoms with Crippen LogP contribution in [-0.2, 0) is 19.1 Å². The topological polar surface area (TPSA) is 93.1 Å². The van der Waals surface area contributed by atoms with Crippen LogP contribution in [0.15, 0.2) is 58.6 Å². The van der Waals surface area contributed by atoms with E-state index in [-0.39, 0.29) is 24.0 Å². The molecular weight excluding hydrogens is 478 g/mol. The second-order valence-electron chi connectivity index (χ2n) is 7.71. The van der Waals surface area contributed by atoms with Gasteiger partial charge in [-0.3, -0.25) is 9.59 Å². The number of carbonyl (C=O) groups is 3. The molecule has 0 saturated carbocycles. The number of halogens is 1. The number of nitrogens with zero attached hydrogens (tertiary/aromatic N) is 1. The standard InChI is InChI=1S/C24H22BrNO6/c1-31-24(30)16-6-4-14(5-7-16)20-19(21(27)15-8-10-17(25)11-9-15)22(28)23(29)26(20)13-18-3-2-12-32-18/h4-11,18,20,27H,2-3,12-13H2,1H3. The highest BCUT2D eigenvalue weighted by molar-refractivity contribution is 9.10. The number of methoxy groups -OCH3 is 1. The van der Waals surface area contributed by atoms with Gasteiger partial charge in [0.2, 0.25) is 0 Å². The summed E-state index contributed by atoms with van der Waals surface area (Å²) in [4.78, 5) is 39.3. The minimum absolute atomic E-state index is 0.0149. The van der Waals surface area contributed by atoms with Gasteiger partial charge in [0.1, 0.15) is 5.76 Å². The van der Waals surface area contributed by atoms with Crippen molar-refractivity contribution < 1.29 is 29.0 Å². The fourth-order valence-corrected chi connectivity index (χ4v) is 4.37. The van der Waals surface area contributed by atoms with E-state index in [1.807, 2.05) is 0 Å². The molecule has 1 N–H and O–H groups in total. The van der Waals surface area contributed by atoms with Crippen molar-refractivity contribution in [2.45, 2.75) is 25.0 Å². The van der Waals surface area contributed by atoms with Crippen LogP contribution in [0, 0.1) is 0 Å². The van der Waals surface area contributed by atoms with Crippen molar-refractivity contribution in [3.8, 4) is 0 Å². The monoisotopic (exact) mass is 499 g/mol. The van der Waals surface area contributed by atoms with Crippen molar-refractivity contribution in [3.63, 3.8) is 0 Å². The maximum atomic E-state index is 13.0. The Balaban J connectivity index is 1.80. The van der Waals surface area contributed by atoms with Crippen LogP contribution in [0.2, 0.25) is 0 Å². The molecule has 2 unspecified atom stereocenters. The van der Waals surface area contributed by atoms with Crippen molar-refractivity contribution >= 4 is 39.3 Å².